The Morgan fingerprint density at radius 2 is 1.67 bits per heavy atom. The van der Waals surface area contributed by atoms with Crippen molar-refractivity contribution in [2.24, 2.45) is 0 Å². The molecule has 7 nitrogen and oxygen atoms in total. The van der Waals surface area contributed by atoms with E-state index in [1.54, 1.807) is 13.8 Å². The van der Waals surface area contributed by atoms with E-state index in [0.29, 0.717) is 0 Å². The molecule has 0 unspecified atom stereocenters. The van der Waals surface area contributed by atoms with Gasteiger partial charge >= 0.3 is 5.97 Å². The summed E-state index contributed by atoms with van der Waals surface area (Å²) < 4.78 is 27.5. The largest absolute Gasteiger partial charge is 0.477 e. The summed E-state index contributed by atoms with van der Waals surface area (Å²) in [7, 11) is -3.98. The number of aromatic carboxylic acids is 1. The number of H-pyrrole nitrogens is 1. The minimum atomic E-state index is -3.98. The molecule has 0 aromatic carbocycles. The van der Waals surface area contributed by atoms with Gasteiger partial charge in [-0.15, -0.1) is 0 Å². The summed E-state index contributed by atoms with van der Waals surface area (Å²) in [5.41, 5.74) is -2.21. The Labute approximate surface area is 124 Å². The number of sulfonamides is 1. The van der Waals surface area contributed by atoms with Gasteiger partial charge in [0.15, 0.2) is 0 Å². The number of nitrogens with one attached hydrogen (secondary N) is 2. The minimum absolute atomic E-state index is 0.0998. The van der Waals surface area contributed by atoms with Crippen LogP contribution in [0.3, 0.4) is 0 Å². The number of hydrogen-bond acceptors (Lipinski definition) is 4. The lowest BCUT2D eigenvalue weighted by atomic mass is 9.87. The van der Waals surface area contributed by atoms with Gasteiger partial charge in [-0.3, -0.25) is 0 Å². The molecule has 1 rings (SSSR count). The van der Waals surface area contributed by atoms with E-state index in [9.17, 15) is 18.3 Å². The molecule has 1 heterocycles. The number of aryl methyl sites for hydroxylation is 1. The van der Waals surface area contributed by atoms with Gasteiger partial charge in [-0.05, 0) is 41.5 Å². The fraction of sp³-hybridized carbons (Fsp3) is 0.615. The number of carboxylic acids is 1. The van der Waals surface area contributed by atoms with E-state index in [-0.39, 0.29) is 21.8 Å². The summed E-state index contributed by atoms with van der Waals surface area (Å²) in [6.07, 6.45) is 0. The summed E-state index contributed by atoms with van der Waals surface area (Å²) in [5.74, 6) is -1.22. The Kier molecular flexibility index (Phi) is 4.30. The molecule has 0 amide bonds. The van der Waals surface area contributed by atoms with Crippen molar-refractivity contribution in [3.8, 4) is 0 Å². The van der Waals surface area contributed by atoms with E-state index in [2.05, 4.69) is 9.71 Å². The van der Waals surface area contributed by atoms with E-state index in [0.717, 1.165) is 0 Å². The van der Waals surface area contributed by atoms with Crippen molar-refractivity contribution in [1.29, 1.82) is 0 Å². The molecule has 120 valence electrons. The molecule has 1 aromatic heterocycles. The zero-order chi connectivity index (χ0) is 16.8. The fourth-order valence-corrected chi connectivity index (χ4v) is 3.84. The zero-order valence-electron chi connectivity index (χ0n) is 13.0. The van der Waals surface area contributed by atoms with Crippen LogP contribution in [0.4, 0.5) is 0 Å². The molecule has 1 aromatic rings. The molecule has 4 N–H and O–H groups in total. The topological polar surface area (TPSA) is 119 Å². The lowest BCUT2D eigenvalue weighted by molar-refractivity contribution is 0.00637. The van der Waals surface area contributed by atoms with Crippen LogP contribution >= 0.6 is 0 Å². The summed E-state index contributed by atoms with van der Waals surface area (Å²) >= 11 is 0. The number of aromatic nitrogens is 1. The van der Waals surface area contributed by atoms with Crippen LogP contribution in [0.25, 0.3) is 0 Å². The quantitative estimate of drug-likeness (QED) is 0.649. The van der Waals surface area contributed by atoms with Crippen LogP contribution in [0, 0.1) is 13.8 Å². The van der Waals surface area contributed by atoms with E-state index in [1.807, 2.05) is 0 Å². The second-order valence-corrected chi connectivity index (χ2v) is 7.79. The monoisotopic (exact) mass is 318 g/mol. The maximum atomic E-state index is 12.5. The van der Waals surface area contributed by atoms with Crippen molar-refractivity contribution in [3.05, 3.63) is 17.0 Å². The first-order valence-corrected chi connectivity index (χ1v) is 7.88. The molecule has 0 atom stereocenters. The second-order valence-electron chi connectivity index (χ2n) is 6.17. The highest BCUT2D eigenvalue weighted by atomic mass is 32.2. The van der Waals surface area contributed by atoms with Crippen LogP contribution in [0.15, 0.2) is 4.90 Å². The van der Waals surface area contributed by atoms with Crippen LogP contribution in [-0.2, 0) is 10.0 Å². The lowest BCUT2D eigenvalue weighted by Crippen LogP contribution is -2.57. The molecular weight excluding hydrogens is 296 g/mol. The maximum Gasteiger partial charge on any atom is 0.352 e. The van der Waals surface area contributed by atoms with Gasteiger partial charge in [-0.1, -0.05) is 0 Å². The standard InChI is InChI=1S/C13H22N2O5S/c1-7-9(11(16)17)14-8(2)10(7)21(19,20)15-12(3,4)13(5,6)18/h14-15,18H,1-6H3,(H,16,17). The molecule has 8 heteroatoms. The molecule has 0 aliphatic rings. The Bertz CT molecular complexity index is 665. The molecule has 0 saturated heterocycles. The smallest absolute Gasteiger partial charge is 0.352 e. The molecule has 0 spiro atoms. The fourth-order valence-electron chi connectivity index (χ4n) is 1.86. The predicted molar refractivity (Wildman–Crippen MR) is 77.9 cm³/mol. The van der Waals surface area contributed by atoms with Crippen LogP contribution in [0.5, 0.6) is 0 Å². The number of carbonyl (C=O) groups is 1. The van der Waals surface area contributed by atoms with Crippen LogP contribution < -0.4 is 4.72 Å². The molecule has 0 saturated carbocycles. The maximum absolute atomic E-state index is 12.5. The SMILES string of the molecule is Cc1[nH]c(C(=O)O)c(C)c1S(=O)(=O)NC(C)(C)C(C)(C)O. The number of rotatable bonds is 5. The van der Waals surface area contributed by atoms with Gasteiger partial charge in [0.25, 0.3) is 0 Å². The van der Waals surface area contributed by atoms with Gasteiger partial charge in [0.1, 0.15) is 10.6 Å². The molecule has 0 fully saturated rings. The summed E-state index contributed by atoms with van der Waals surface area (Å²) in [6.45, 7) is 9.02. The first-order valence-electron chi connectivity index (χ1n) is 6.39. The van der Waals surface area contributed by atoms with E-state index in [1.165, 1.54) is 27.7 Å². The Morgan fingerprint density at radius 3 is 2.00 bits per heavy atom. The highest BCUT2D eigenvalue weighted by Crippen LogP contribution is 2.27. The van der Waals surface area contributed by atoms with E-state index in [4.69, 9.17) is 5.11 Å². The molecule has 0 radical (unpaired) electrons. The third-order valence-corrected chi connectivity index (χ3v) is 5.70. The minimum Gasteiger partial charge on any atom is -0.477 e. The van der Waals surface area contributed by atoms with E-state index < -0.39 is 27.1 Å². The van der Waals surface area contributed by atoms with Crippen molar-refractivity contribution in [3.63, 3.8) is 0 Å². The molecule has 0 bridgehead atoms. The second kappa shape index (κ2) is 5.11. The van der Waals surface area contributed by atoms with Crippen LogP contribution in [0.1, 0.15) is 49.4 Å². The van der Waals surface area contributed by atoms with Gasteiger partial charge in [0.2, 0.25) is 10.0 Å². The zero-order valence-corrected chi connectivity index (χ0v) is 13.8. The van der Waals surface area contributed by atoms with Crippen molar-refractivity contribution in [2.75, 3.05) is 0 Å². The highest BCUT2D eigenvalue weighted by Gasteiger charge is 2.40. The average Bonchev–Trinajstić information content (AvgIpc) is 2.51. The summed E-state index contributed by atoms with van der Waals surface area (Å²) in [5, 5.41) is 19.1. The number of aliphatic hydroxyl groups is 1. The third kappa shape index (κ3) is 3.28. The number of aromatic amines is 1. The van der Waals surface area contributed by atoms with Gasteiger partial charge in [0.05, 0.1) is 11.1 Å². The number of carboxylic acid groups (broad SMARTS) is 1. The molecule has 0 aliphatic heterocycles. The molecular formula is C13H22N2O5S. The Balaban J connectivity index is 3.37. The van der Waals surface area contributed by atoms with Crippen molar-refractivity contribution in [1.82, 2.24) is 9.71 Å². The van der Waals surface area contributed by atoms with Crippen molar-refractivity contribution < 1.29 is 23.4 Å². The van der Waals surface area contributed by atoms with Crippen molar-refractivity contribution >= 4 is 16.0 Å². The summed E-state index contributed by atoms with van der Waals surface area (Å²) in [4.78, 5) is 13.5. The first kappa shape index (κ1) is 17.7. The van der Waals surface area contributed by atoms with Crippen LogP contribution in [-0.4, -0.2) is 40.7 Å². The normalized spacial score (nSPS) is 13.5. The van der Waals surface area contributed by atoms with Gasteiger partial charge in [-0.25, -0.2) is 17.9 Å². The molecule has 21 heavy (non-hydrogen) atoms. The first-order chi connectivity index (χ1) is 9.21. The Hall–Kier alpha value is -1.38. The van der Waals surface area contributed by atoms with Crippen LogP contribution in [0.2, 0.25) is 0 Å². The third-order valence-electron chi connectivity index (χ3n) is 3.77. The van der Waals surface area contributed by atoms with Crippen molar-refractivity contribution in [2.45, 2.75) is 57.6 Å². The number of hydrogen-bond donors (Lipinski definition) is 4. The van der Waals surface area contributed by atoms with Gasteiger partial charge < -0.3 is 15.2 Å². The van der Waals surface area contributed by atoms with E-state index >= 15 is 0 Å². The lowest BCUT2D eigenvalue weighted by Gasteiger charge is -2.37. The predicted octanol–water partition coefficient (Wildman–Crippen LogP) is 1.16. The van der Waals surface area contributed by atoms with Gasteiger partial charge in [-0.2, -0.15) is 0 Å². The molecule has 0 aliphatic carbocycles. The Morgan fingerprint density at radius 1 is 1.19 bits per heavy atom. The highest BCUT2D eigenvalue weighted by molar-refractivity contribution is 7.89. The summed E-state index contributed by atoms with van der Waals surface area (Å²) in [6, 6.07) is 0. The van der Waals surface area contributed by atoms with Gasteiger partial charge in [0, 0.05) is 11.3 Å². The average molecular weight is 318 g/mol.